The Kier molecular flexibility index (Phi) is 3.90. The molecule has 0 aromatic heterocycles. The molecule has 0 amide bonds. The lowest BCUT2D eigenvalue weighted by Crippen LogP contribution is -2.03. The van der Waals surface area contributed by atoms with Crippen LogP contribution in [0.2, 0.25) is 0 Å². The maximum atomic E-state index is 12.4. The van der Waals surface area contributed by atoms with Gasteiger partial charge in [-0.1, -0.05) is 36.4 Å². The minimum absolute atomic E-state index is 0.521. The van der Waals surface area contributed by atoms with E-state index < -0.39 is 11.7 Å². The third-order valence-electron chi connectivity index (χ3n) is 2.81. The zero-order chi connectivity index (χ0) is 13.9. The number of methoxy groups -OCH3 is 1. The molecule has 2 aromatic rings. The quantitative estimate of drug-likeness (QED) is 0.793. The van der Waals surface area contributed by atoms with Crippen molar-refractivity contribution < 1.29 is 17.9 Å². The first-order valence-electron chi connectivity index (χ1n) is 5.76. The number of rotatable bonds is 3. The van der Waals surface area contributed by atoms with Crippen LogP contribution in [0.15, 0.2) is 48.5 Å². The second-order valence-electron chi connectivity index (χ2n) is 4.21. The molecular weight excluding hydrogens is 253 g/mol. The van der Waals surface area contributed by atoms with Gasteiger partial charge in [-0.3, -0.25) is 0 Å². The summed E-state index contributed by atoms with van der Waals surface area (Å²) in [5, 5.41) is 0. The first-order valence-corrected chi connectivity index (χ1v) is 5.76. The second-order valence-corrected chi connectivity index (χ2v) is 4.21. The minimum Gasteiger partial charge on any atom is -0.380 e. The standard InChI is InChI=1S/C15H13F3O/c1-19-10-11-2-4-12(5-3-11)13-6-8-14(9-7-13)15(16,17)18/h2-9H,10H2,1H3. The highest BCUT2D eigenvalue weighted by molar-refractivity contribution is 5.64. The number of alkyl halides is 3. The van der Waals surface area contributed by atoms with Crippen LogP contribution in [0.3, 0.4) is 0 Å². The molecule has 2 aromatic carbocycles. The Morgan fingerprint density at radius 3 is 1.74 bits per heavy atom. The van der Waals surface area contributed by atoms with E-state index in [9.17, 15) is 13.2 Å². The minimum atomic E-state index is -4.29. The van der Waals surface area contributed by atoms with E-state index in [1.807, 2.05) is 24.3 Å². The van der Waals surface area contributed by atoms with Crippen LogP contribution in [-0.4, -0.2) is 7.11 Å². The molecular formula is C15H13F3O. The van der Waals surface area contributed by atoms with Gasteiger partial charge in [0.2, 0.25) is 0 Å². The van der Waals surface area contributed by atoms with Crippen LogP contribution in [0, 0.1) is 0 Å². The van der Waals surface area contributed by atoms with Crippen molar-refractivity contribution in [3.8, 4) is 11.1 Å². The van der Waals surface area contributed by atoms with Crippen molar-refractivity contribution in [1.82, 2.24) is 0 Å². The Bertz CT molecular complexity index is 527. The first-order chi connectivity index (χ1) is 9.00. The van der Waals surface area contributed by atoms with Gasteiger partial charge in [0.25, 0.3) is 0 Å². The van der Waals surface area contributed by atoms with E-state index in [0.717, 1.165) is 28.8 Å². The maximum absolute atomic E-state index is 12.4. The summed E-state index contributed by atoms with van der Waals surface area (Å²) in [6.07, 6.45) is -4.29. The summed E-state index contributed by atoms with van der Waals surface area (Å²) in [5.74, 6) is 0. The van der Waals surface area contributed by atoms with E-state index in [-0.39, 0.29) is 0 Å². The van der Waals surface area contributed by atoms with Crippen molar-refractivity contribution in [1.29, 1.82) is 0 Å². The molecule has 0 N–H and O–H groups in total. The largest absolute Gasteiger partial charge is 0.416 e. The zero-order valence-electron chi connectivity index (χ0n) is 10.4. The van der Waals surface area contributed by atoms with Gasteiger partial charge in [0.05, 0.1) is 12.2 Å². The van der Waals surface area contributed by atoms with Crippen molar-refractivity contribution in [3.05, 3.63) is 59.7 Å². The van der Waals surface area contributed by atoms with Crippen LogP contribution in [0.25, 0.3) is 11.1 Å². The van der Waals surface area contributed by atoms with E-state index in [1.54, 1.807) is 7.11 Å². The number of halogens is 3. The van der Waals surface area contributed by atoms with Crippen LogP contribution in [0.5, 0.6) is 0 Å². The fourth-order valence-electron chi connectivity index (χ4n) is 1.81. The normalized spacial score (nSPS) is 11.6. The van der Waals surface area contributed by atoms with Gasteiger partial charge in [-0.15, -0.1) is 0 Å². The summed E-state index contributed by atoms with van der Waals surface area (Å²) in [5.41, 5.74) is 2.04. The highest BCUT2D eigenvalue weighted by atomic mass is 19.4. The van der Waals surface area contributed by atoms with Crippen molar-refractivity contribution >= 4 is 0 Å². The third-order valence-corrected chi connectivity index (χ3v) is 2.81. The Balaban J connectivity index is 2.22. The molecule has 0 aliphatic heterocycles. The molecule has 0 atom stereocenters. The van der Waals surface area contributed by atoms with Gasteiger partial charge < -0.3 is 4.74 Å². The van der Waals surface area contributed by atoms with Crippen molar-refractivity contribution in [2.45, 2.75) is 12.8 Å². The van der Waals surface area contributed by atoms with Crippen LogP contribution in [0.4, 0.5) is 13.2 Å². The zero-order valence-corrected chi connectivity index (χ0v) is 10.4. The van der Waals surface area contributed by atoms with E-state index in [2.05, 4.69) is 0 Å². The molecule has 19 heavy (non-hydrogen) atoms. The van der Waals surface area contributed by atoms with Crippen molar-refractivity contribution in [3.63, 3.8) is 0 Å². The highest BCUT2D eigenvalue weighted by Crippen LogP contribution is 2.31. The fourth-order valence-corrected chi connectivity index (χ4v) is 1.81. The first kappa shape index (κ1) is 13.6. The summed E-state index contributed by atoms with van der Waals surface area (Å²) in [7, 11) is 1.61. The van der Waals surface area contributed by atoms with Gasteiger partial charge in [0, 0.05) is 7.11 Å². The summed E-state index contributed by atoms with van der Waals surface area (Å²) >= 11 is 0. The molecule has 0 radical (unpaired) electrons. The van der Waals surface area contributed by atoms with Gasteiger partial charge in [-0.2, -0.15) is 13.2 Å². The van der Waals surface area contributed by atoms with Crippen LogP contribution in [-0.2, 0) is 17.5 Å². The summed E-state index contributed by atoms with van der Waals surface area (Å²) < 4.78 is 42.3. The molecule has 2 rings (SSSR count). The molecule has 1 nitrogen and oxygen atoms in total. The maximum Gasteiger partial charge on any atom is 0.416 e. The molecule has 0 unspecified atom stereocenters. The van der Waals surface area contributed by atoms with Gasteiger partial charge in [-0.25, -0.2) is 0 Å². The smallest absolute Gasteiger partial charge is 0.380 e. The number of ether oxygens (including phenoxy) is 1. The predicted molar refractivity (Wildman–Crippen MR) is 67.6 cm³/mol. The van der Waals surface area contributed by atoms with E-state index in [4.69, 9.17) is 4.74 Å². The summed E-state index contributed by atoms with van der Waals surface area (Å²) in [4.78, 5) is 0. The molecule has 0 saturated heterocycles. The van der Waals surface area contributed by atoms with Crippen molar-refractivity contribution in [2.24, 2.45) is 0 Å². The Morgan fingerprint density at radius 1 is 0.842 bits per heavy atom. The molecule has 0 heterocycles. The average molecular weight is 266 g/mol. The monoisotopic (exact) mass is 266 g/mol. The van der Waals surface area contributed by atoms with E-state index in [1.165, 1.54) is 12.1 Å². The van der Waals surface area contributed by atoms with Crippen molar-refractivity contribution in [2.75, 3.05) is 7.11 Å². The van der Waals surface area contributed by atoms with E-state index in [0.29, 0.717) is 6.61 Å². The van der Waals surface area contributed by atoms with Gasteiger partial charge >= 0.3 is 6.18 Å². The lowest BCUT2D eigenvalue weighted by molar-refractivity contribution is -0.137. The van der Waals surface area contributed by atoms with Gasteiger partial charge in [0.15, 0.2) is 0 Å². The molecule has 100 valence electrons. The Hall–Kier alpha value is -1.81. The van der Waals surface area contributed by atoms with Crippen LogP contribution in [0.1, 0.15) is 11.1 Å². The lowest BCUT2D eigenvalue weighted by Gasteiger charge is -2.08. The lowest BCUT2D eigenvalue weighted by atomic mass is 10.0. The third kappa shape index (κ3) is 3.35. The molecule has 0 aliphatic carbocycles. The topological polar surface area (TPSA) is 9.23 Å². The average Bonchev–Trinajstić information content (AvgIpc) is 2.39. The second kappa shape index (κ2) is 5.45. The number of hydrogen-bond acceptors (Lipinski definition) is 1. The number of benzene rings is 2. The highest BCUT2D eigenvalue weighted by Gasteiger charge is 2.29. The van der Waals surface area contributed by atoms with Gasteiger partial charge in [0.1, 0.15) is 0 Å². The Labute approximate surface area is 109 Å². The predicted octanol–water partition coefficient (Wildman–Crippen LogP) is 4.52. The SMILES string of the molecule is COCc1ccc(-c2ccc(C(F)(F)F)cc2)cc1. The fraction of sp³-hybridized carbons (Fsp3) is 0.200. The number of hydrogen-bond donors (Lipinski definition) is 0. The summed E-state index contributed by atoms with van der Waals surface area (Å²) in [6, 6.07) is 12.7. The molecule has 4 heteroatoms. The van der Waals surface area contributed by atoms with Gasteiger partial charge in [-0.05, 0) is 28.8 Å². The molecule has 0 bridgehead atoms. The molecule has 0 spiro atoms. The van der Waals surface area contributed by atoms with E-state index >= 15 is 0 Å². The molecule has 0 aliphatic rings. The molecule has 0 fully saturated rings. The summed E-state index contributed by atoms with van der Waals surface area (Å²) in [6.45, 7) is 0.521. The Morgan fingerprint density at radius 2 is 1.32 bits per heavy atom. The van der Waals surface area contributed by atoms with Crippen LogP contribution < -0.4 is 0 Å². The van der Waals surface area contributed by atoms with Crippen LogP contribution >= 0.6 is 0 Å². The molecule has 0 saturated carbocycles.